The Bertz CT molecular complexity index is 655. The van der Waals surface area contributed by atoms with Crippen LogP contribution in [0.25, 0.3) is 10.8 Å². The fraction of sp³-hybridized carbons (Fsp3) is 0.286. The molecule has 6 heteroatoms. The van der Waals surface area contributed by atoms with Crippen molar-refractivity contribution < 1.29 is 19.4 Å². The first kappa shape index (κ1) is 14.1. The van der Waals surface area contributed by atoms with Crippen molar-refractivity contribution in [3.8, 4) is 11.5 Å². The van der Waals surface area contributed by atoms with Crippen LogP contribution in [-0.4, -0.2) is 30.3 Å². The van der Waals surface area contributed by atoms with Crippen molar-refractivity contribution in [3.63, 3.8) is 0 Å². The average Bonchev–Trinajstić information content (AvgIpc) is 2.45. The number of methoxy groups -OCH3 is 2. The first-order valence-corrected chi connectivity index (χ1v) is 6.05. The number of nitrogens with two attached hydrogens (primary N) is 1. The van der Waals surface area contributed by atoms with Gasteiger partial charge in [-0.1, -0.05) is 0 Å². The molecule has 0 amide bonds. The van der Waals surface area contributed by atoms with Gasteiger partial charge in [0.1, 0.15) is 0 Å². The Hall–Kier alpha value is -2.34. The van der Waals surface area contributed by atoms with Crippen LogP contribution in [0.4, 0.5) is 0 Å². The van der Waals surface area contributed by atoms with E-state index in [2.05, 4.69) is 4.98 Å². The van der Waals surface area contributed by atoms with Crippen LogP contribution >= 0.6 is 0 Å². The van der Waals surface area contributed by atoms with Crippen LogP contribution in [0.5, 0.6) is 11.5 Å². The van der Waals surface area contributed by atoms with Crippen molar-refractivity contribution in [2.75, 3.05) is 14.2 Å². The van der Waals surface area contributed by atoms with Crippen LogP contribution < -0.4 is 15.2 Å². The fourth-order valence-corrected chi connectivity index (χ4v) is 2.14. The first-order valence-electron chi connectivity index (χ1n) is 6.05. The van der Waals surface area contributed by atoms with Crippen molar-refractivity contribution in [2.24, 2.45) is 5.73 Å². The van der Waals surface area contributed by atoms with Gasteiger partial charge in [0.25, 0.3) is 0 Å². The van der Waals surface area contributed by atoms with E-state index in [1.165, 1.54) is 7.11 Å². The smallest absolute Gasteiger partial charge is 0.307 e. The number of nitrogens with zero attached hydrogens (tertiary/aromatic N) is 1. The van der Waals surface area contributed by atoms with Crippen molar-refractivity contribution in [3.05, 3.63) is 29.6 Å². The van der Waals surface area contributed by atoms with E-state index < -0.39 is 5.97 Å². The van der Waals surface area contributed by atoms with E-state index in [-0.39, 0.29) is 13.0 Å². The van der Waals surface area contributed by atoms with Crippen molar-refractivity contribution in [1.29, 1.82) is 0 Å². The zero-order chi connectivity index (χ0) is 14.7. The third-order valence-electron chi connectivity index (χ3n) is 3.09. The van der Waals surface area contributed by atoms with E-state index in [4.69, 9.17) is 20.3 Å². The highest BCUT2D eigenvalue weighted by Crippen LogP contribution is 2.34. The summed E-state index contributed by atoms with van der Waals surface area (Å²) >= 11 is 0. The van der Waals surface area contributed by atoms with E-state index >= 15 is 0 Å². The quantitative estimate of drug-likeness (QED) is 0.855. The summed E-state index contributed by atoms with van der Waals surface area (Å²) in [5, 5.41) is 10.5. The predicted molar refractivity (Wildman–Crippen MR) is 74.1 cm³/mol. The predicted octanol–water partition coefficient (Wildman–Crippen LogP) is 1.34. The van der Waals surface area contributed by atoms with Gasteiger partial charge in [-0.2, -0.15) is 0 Å². The summed E-state index contributed by atoms with van der Waals surface area (Å²) in [5.41, 5.74) is 6.98. The maximum atomic E-state index is 10.9. The van der Waals surface area contributed by atoms with Gasteiger partial charge in [-0.05, 0) is 23.1 Å². The second kappa shape index (κ2) is 5.75. The van der Waals surface area contributed by atoms with Crippen LogP contribution in [0.3, 0.4) is 0 Å². The molecular formula is C14H16N2O4. The highest BCUT2D eigenvalue weighted by Gasteiger charge is 2.14. The van der Waals surface area contributed by atoms with Crippen molar-refractivity contribution >= 4 is 16.7 Å². The van der Waals surface area contributed by atoms with Crippen LogP contribution in [0.1, 0.15) is 11.3 Å². The molecule has 3 N–H and O–H groups in total. The molecule has 0 spiro atoms. The maximum Gasteiger partial charge on any atom is 0.307 e. The van der Waals surface area contributed by atoms with Gasteiger partial charge < -0.3 is 20.3 Å². The van der Waals surface area contributed by atoms with E-state index in [0.717, 1.165) is 10.8 Å². The number of rotatable bonds is 5. The number of pyridine rings is 1. The highest BCUT2D eigenvalue weighted by molar-refractivity contribution is 5.92. The molecule has 0 bridgehead atoms. The van der Waals surface area contributed by atoms with Crippen LogP contribution in [0.2, 0.25) is 0 Å². The van der Waals surface area contributed by atoms with Gasteiger partial charge in [0.2, 0.25) is 0 Å². The number of carboxylic acids is 1. The van der Waals surface area contributed by atoms with E-state index in [1.54, 1.807) is 25.4 Å². The molecular weight excluding hydrogens is 260 g/mol. The summed E-state index contributed by atoms with van der Waals surface area (Å²) in [6.07, 6.45) is 1.44. The summed E-state index contributed by atoms with van der Waals surface area (Å²) in [6, 6.07) is 3.53. The summed E-state index contributed by atoms with van der Waals surface area (Å²) in [5.74, 6) is 0.188. The Labute approximate surface area is 116 Å². The minimum atomic E-state index is -0.914. The highest BCUT2D eigenvalue weighted by atomic mass is 16.5. The Kier molecular flexibility index (Phi) is 4.05. The number of ether oxygens (including phenoxy) is 2. The van der Waals surface area contributed by atoms with Crippen LogP contribution in [0, 0.1) is 0 Å². The molecule has 2 aromatic rings. The molecule has 6 nitrogen and oxygen atoms in total. The van der Waals surface area contributed by atoms with Gasteiger partial charge >= 0.3 is 5.97 Å². The Morgan fingerprint density at radius 1 is 1.25 bits per heavy atom. The second-order valence-corrected chi connectivity index (χ2v) is 4.26. The van der Waals surface area contributed by atoms with Crippen molar-refractivity contribution in [2.45, 2.75) is 13.0 Å². The summed E-state index contributed by atoms with van der Waals surface area (Å²) in [4.78, 5) is 15.2. The SMILES string of the molecule is COc1cc2c(CC(=O)O)cnc(CN)c2cc1OC. The lowest BCUT2D eigenvalue weighted by Crippen LogP contribution is -2.06. The van der Waals surface area contributed by atoms with Crippen LogP contribution in [0.15, 0.2) is 18.3 Å². The number of benzene rings is 1. The number of aliphatic carboxylic acids is 1. The van der Waals surface area contributed by atoms with Gasteiger partial charge in [-0.3, -0.25) is 9.78 Å². The average molecular weight is 276 g/mol. The molecule has 0 saturated carbocycles. The lowest BCUT2D eigenvalue weighted by Gasteiger charge is -2.13. The van der Waals surface area contributed by atoms with Gasteiger partial charge in [-0.15, -0.1) is 0 Å². The molecule has 0 saturated heterocycles. The molecule has 2 rings (SSSR count). The number of aromatic nitrogens is 1. The topological polar surface area (TPSA) is 94.7 Å². The lowest BCUT2D eigenvalue weighted by atomic mass is 10.0. The minimum Gasteiger partial charge on any atom is -0.493 e. The largest absolute Gasteiger partial charge is 0.493 e. The minimum absolute atomic E-state index is 0.107. The molecule has 0 atom stereocenters. The number of hydrogen-bond donors (Lipinski definition) is 2. The first-order chi connectivity index (χ1) is 9.60. The molecule has 20 heavy (non-hydrogen) atoms. The molecule has 0 fully saturated rings. The Morgan fingerprint density at radius 2 is 1.85 bits per heavy atom. The van der Waals surface area contributed by atoms with Crippen LogP contribution in [-0.2, 0) is 17.8 Å². The summed E-state index contributed by atoms with van der Waals surface area (Å²) in [7, 11) is 3.08. The van der Waals surface area contributed by atoms with E-state index in [0.29, 0.717) is 22.8 Å². The molecule has 0 aliphatic rings. The summed E-state index contributed by atoms with van der Waals surface area (Å²) in [6.45, 7) is 0.263. The maximum absolute atomic E-state index is 10.9. The molecule has 1 aromatic carbocycles. The zero-order valence-corrected chi connectivity index (χ0v) is 11.3. The monoisotopic (exact) mass is 276 g/mol. The van der Waals surface area contributed by atoms with Gasteiger partial charge in [-0.25, -0.2) is 0 Å². The molecule has 106 valence electrons. The fourth-order valence-electron chi connectivity index (χ4n) is 2.14. The normalized spacial score (nSPS) is 10.6. The van der Waals surface area contributed by atoms with E-state index in [1.807, 2.05) is 0 Å². The Balaban J connectivity index is 2.75. The molecule has 0 aliphatic heterocycles. The molecule has 1 heterocycles. The van der Waals surface area contributed by atoms with Gasteiger partial charge in [0.15, 0.2) is 11.5 Å². The molecule has 0 radical (unpaired) electrons. The third-order valence-corrected chi connectivity index (χ3v) is 3.09. The molecule has 0 unspecified atom stereocenters. The lowest BCUT2D eigenvalue weighted by molar-refractivity contribution is -0.136. The standard InChI is InChI=1S/C14H16N2O4/c1-19-12-4-9-8(3-14(17)18)7-16-11(6-15)10(9)5-13(12)20-2/h4-5,7H,3,6,15H2,1-2H3,(H,17,18). The van der Waals surface area contributed by atoms with Gasteiger partial charge in [0, 0.05) is 18.1 Å². The number of hydrogen-bond acceptors (Lipinski definition) is 5. The van der Waals surface area contributed by atoms with Gasteiger partial charge in [0.05, 0.1) is 26.3 Å². The van der Waals surface area contributed by atoms with E-state index in [9.17, 15) is 4.79 Å². The number of carboxylic acid groups (broad SMARTS) is 1. The number of fused-ring (bicyclic) bond motifs is 1. The molecule has 1 aromatic heterocycles. The number of carbonyl (C=O) groups is 1. The second-order valence-electron chi connectivity index (χ2n) is 4.26. The zero-order valence-electron chi connectivity index (χ0n) is 11.3. The summed E-state index contributed by atoms with van der Waals surface area (Å²) < 4.78 is 10.5. The molecule has 0 aliphatic carbocycles. The Morgan fingerprint density at radius 3 is 2.35 bits per heavy atom. The third kappa shape index (κ3) is 2.50. The van der Waals surface area contributed by atoms with Crippen molar-refractivity contribution in [1.82, 2.24) is 4.98 Å².